The van der Waals surface area contributed by atoms with Gasteiger partial charge in [0.15, 0.2) is 0 Å². The Morgan fingerprint density at radius 2 is 1.93 bits per heavy atom. The Labute approximate surface area is 87.0 Å². The Kier molecular flexibility index (Phi) is 4.91. The molecule has 0 unspecified atom stereocenters. The standard InChI is InChI=1S/C12H21NO/c1-3-9-14-11-12(10-13-4-2)7-5-6-8-12/h5-8,13H,3-4,9-11H2,1-2H3. The average molecular weight is 195 g/mol. The van der Waals surface area contributed by atoms with E-state index in [1.165, 1.54) is 0 Å². The largest absolute Gasteiger partial charge is 0.380 e. The summed E-state index contributed by atoms with van der Waals surface area (Å²) in [6.45, 7) is 7.90. The minimum atomic E-state index is 0.102. The van der Waals surface area contributed by atoms with E-state index in [-0.39, 0.29) is 5.41 Å². The lowest BCUT2D eigenvalue weighted by atomic mass is 9.91. The normalized spacial score (nSPS) is 17.9. The molecule has 1 N–H and O–H groups in total. The molecule has 1 aliphatic carbocycles. The quantitative estimate of drug-likeness (QED) is 0.628. The van der Waals surface area contributed by atoms with Crippen molar-refractivity contribution in [1.82, 2.24) is 5.32 Å². The Morgan fingerprint density at radius 3 is 2.50 bits per heavy atom. The van der Waals surface area contributed by atoms with E-state index in [1.807, 2.05) is 0 Å². The molecule has 14 heavy (non-hydrogen) atoms. The molecular weight excluding hydrogens is 174 g/mol. The predicted molar refractivity (Wildman–Crippen MR) is 60.4 cm³/mol. The van der Waals surface area contributed by atoms with E-state index in [0.717, 1.165) is 32.7 Å². The summed E-state index contributed by atoms with van der Waals surface area (Å²) in [5, 5.41) is 3.38. The van der Waals surface area contributed by atoms with Crippen LogP contribution < -0.4 is 5.32 Å². The highest BCUT2D eigenvalue weighted by Crippen LogP contribution is 2.25. The number of allylic oxidation sites excluding steroid dienone is 2. The van der Waals surface area contributed by atoms with Crippen LogP contribution in [0.5, 0.6) is 0 Å². The minimum absolute atomic E-state index is 0.102. The smallest absolute Gasteiger partial charge is 0.0604 e. The third kappa shape index (κ3) is 3.28. The van der Waals surface area contributed by atoms with E-state index in [2.05, 4.69) is 43.5 Å². The lowest BCUT2D eigenvalue weighted by Crippen LogP contribution is -2.34. The van der Waals surface area contributed by atoms with Crippen molar-refractivity contribution in [2.75, 3.05) is 26.3 Å². The molecule has 0 spiro atoms. The zero-order chi connectivity index (χ0) is 10.3. The van der Waals surface area contributed by atoms with Gasteiger partial charge in [-0.1, -0.05) is 38.2 Å². The molecular formula is C12H21NO. The molecule has 2 heteroatoms. The fourth-order valence-corrected chi connectivity index (χ4v) is 1.58. The van der Waals surface area contributed by atoms with E-state index in [0.29, 0.717) is 0 Å². The van der Waals surface area contributed by atoms with E-state index in [9.17, 15) is 0 Å². The Hall–Kier alpha value is -0.600. The van der Waals surface area contributed by atoms with Gasteiger partial charge >= 0.3 is 0 Å². The van der Waals surface area contributed by atoms with Gasteiger partial charge in [0.05, 0.1) is 6.61 Å². The van der Waals surface area contributed by atoms with Crippen LogP contribution in [-0.2, 0) is 4.74 Å². The first-order chi connectivity index (χ1) is 6.83. The van der Waals surface area contributed by atoms with Crippen LogP contribution in [0.3, 0.4) is 0 Å². The summed E-state index contributed by atoms with van der Waals surface area (Å²) >= 11 is 0. The van der Waals surface area contributed by atoms with Crippen molar-refractivity contribution in [2.45, 2.75) is 20.3 Å². The molecule has 0 bridgehead atoms. The van der Waals surface area contributed by atoms with Gasteiger partial charge in [-0.05, 0) is 13.0 Å². The minimum Gasteiger partial charge on any atom is -0.380 e. The first kappa shape index (κ1) is 11.5. The summed E-state index contributed by atoms with van der Waals surface area (Å²) in [5.74, 6) is 0. The third-order valence-corrected chi connectivity index (χ3v) is 2.39. The van der Waals surface area contributed by atoms with Gasteiger partial charge in [-0.2, -0.15) is 0 Å². The molecule has 0 heterocycles. The maximum Gasteiger partial charge on any atom is 0.0604 e. The second-order valence-corrected chi connectivity index (χ2v) is 3.78. The fraction of sp³-hybridized carbons (Fsp3) is 0.667. The second kappa shape index (κ2) is 5.99. The molecule has 0 aromatic rings. The molecule has 0 radical (unpaired) electrons. The lowest BCUT2D eigenvalue weighted by molar-refractivity contribution is 0.0887. The molecule has 0 fully saturated rings. The van der Waals surface area contributed by atoms with Crippen molar-refractivity contribution >= 4 is 0 Å². The van der Waals surface area contributed by atoms with Crippen LogP contribution in [0.25, 0.3) is 0 Å². The first-order valence-corrected chi connectivity index (χ1v) is 5.48. The number of hydrogen-bond acceptors (Lipinski definition) is 2. The average Bonchev–Trinajstić information content (AvgIpc) is 2.65. The van der Waals surface area contributed by atoms with E-state index >= 15 is 0 Å². The maximum absolute atomic E-state index is 5.62. The van der Waals surface area contributed by atoms with E-state index < -0.39 is 0 Å². The van der Waals surface area contributed by atoms with Crippen molar-refractivity contribution in [3.63, 3.8) is 0 Å². The van der Waals surface area contributed by atoms with E-state index in [4.69, 9.17) is 4.74 Å². The summed E-state index contributed by atoms with van der Waals surface area (Å²) in [6, 6.07) is 0. The van der Waals surface area contributed by atoms with Gasteiger partial charge in [-0.3, -0.25) is 0 Å². The van der Waals surface area contributed by atoms with Crippen LogP contribution in [0.4, 0.5) is 0 Å². The van der Waals surface area contributed by atoms with Crippen LogP contribution in [0.1, 0.15) is 20.3 Å². The summed E-state index contributed by atoms with van der Waals surface area (Å²) in [7, 11) is 0. The van der Waals surface area contributed by atoms with Gasteiger partial charge in [0.2, 0.25) is 0 Å². The molecule has 2 nitrogen and oxygen atoms in total. The van der Waals surface area contributed by atoms with Crippen molar-refractivity contribution < 1.29 is 4.74 Å². The number of ether oxygens (including phenoxy) is 1. The number of nitrogens with one attached hydrogen (secondary N) is 1. The van der Waals surface area contributed by atoms with Gasteiger partial charge in [-0.15, -0.1) is 0 Å². The topological polar surface area (TPSA) is 21.3 Å². The lowest BCUT2D eigenvalue weighted by Gasteiger charge is -2.25. The molecule has 1 aliphatic rings. The van der Waals surface area contributed by atoms with Crippen molar-refractivity contribution in [3.8, 4) is 0 Å². The molecule has 80 valence electrons. The highest BCUT2D eigenvalue weighted by atomic mass is 16.5. The molecule has 0 saturated heterocycles. The van der Waals surface area contributed by atoms with Crippen LogP contribution in [0.2, 0.25) is 0 Å². The zero-order valence-electron chi connectivity index (χ0n) is 9.25. The van der Waals surface area contributed by atoms with E-state index in [1.54, 1.807) is 0 Å². The molecule has 0 saturated carbocycles. The van der Waals surface area contributed by atoms with Crippen molar-refractivity contribution in [3.05, 3.63) is 24.3 Å². The van der Waals surface area contributed by atoms with Crippen molar-refractivity contribution in [2.24, 2.45) is 5.41 Å². The highest BCUT2D eigenvalue weighted by Gasteiger charge is 2.25. The molecule has 0 atom stereocenters. The third-order valence-electron chi connectivity index (χ3n) is 2.39. The molecule has 0 aliphatic heterocycles. The second-order valence-electron chi connectivity index (χ2n) is 3.78. The summed E-state index contributed by atoms with van der Waals surface area (Å²) < 4.78 is 5.62. The Morgan fingerprint density at radius 1 is 1.21 bits per heavy atom. The SMILES string of the molecule is CCCOCC1(CNCC)C=CC=C1. The van der Waals surface area contributed by atoms with Crippen molar-refractivity contribution in [1.29, 1.82) is 0 Å². The summed E-state index contributed by atoms with van der Waals surface area (Å²) in [6.07, 6.45) is 9.75. The molecule has 0 amide bonds. The van der Waals surface area contributed by atoms with Gasteiger partial charge in [-0.25, -0.2) is 0 Å². The van der Waals surface area contributed by atoms with Gasteiger partial charge < -0.3 is 10.1 Å². The summed E-state index contributed by atoms with van der Waals surface area (Å²) in [4.78, 5) is 0. The van der Waals surface area contributed by atoms with Crippen LogP contribution in [-0.4, -0.2) is 26.3 Å². The Bertz CT molecular complexity index is 196. The van der Waals surface area contributed by atoms with Crippen LogP contribution in [0, 0.1) is 5.41 Å². The van der Waals surface area contributed by atoms with Crippen LogP contribution in [0.15, 0.2) is 24.3 Å². The monoisotopic (exact) mass is 195 g/mol. The molecule has 1 rings (SSSR count). The highest BCUT2D eigenvalue weighted by molar-refractivity contribution is 5.25. The van der Waals surface area contributed by atoms with Gasteiger partial charge in [0.25, 0.3) is 0 Å². The van der Waals surface area contributed by atoms with Gasteiger partial charge in [0.1, 0.15) is 0 Å². The molecule has 0 aromatic carbocycles. The number of hydrogen-bond donors (Lipinski definition) is 1. The van der Waals surface area contributed by atoms with Crippen LogP contribution >= 0.6 is 0 Å². The van der Waals surface area contributed by atoms with Gasteiger partial charge in [0, 0.05) is 18.6 Å². The Balaban J connectivity index is 2.37. The molecule has 0 aromatic heterocycles. The first-order valence-electron chi connectivity index (χ1n) is 5.48. The fourth-order valence-electron chi connectivity index (χ4n) is 1.58. The predicted octanol–water partition coefficient (Wildman–Crippen LogP) is 2.13. The zero-order valence-corrected chi connectivity index (χ0v) is 9.25. The summed E-state index contributed by atoms with van der Waals surface area (Å²) in [5.41, 5.74) is 0.102. The number of rotatable bonds is 7. The maximum atomic E-state index is 5.62.